The summed E-state index contributed by atoms with van der Waals surface area (Å²) in [4.78, 5) is 32.6. The van der Waals surface area contributed by atoms with Crippen LogP contribution < -0.4 is 10.6 Å². The van der Waals surface area contributed by atoms with Gasteiger partial charge in [-0.2, -0.15) is 0 Å². The van der Waals surface area contributed by atoms with E-state index in [-0.39, 0.29) is 50.4 Å². The van der Waals surface area contributed by atoms with Gasteiger partial charge in [-0.1, -0.05) is 0 Å². The Balaban J connectivity index is 0.000000892. The Bertz CT molecular complexity index is 1400. The molecule has 11 nitrogen and oxygen atoms in total. The molecule has 2 rings (SSSR count). The van der Waals surface area contributed by atoms with Crippen LogP contribution in [0.25, 0.3) is 0 Å². The molecule has 2 aromatic carbocycles. The zero-order chi connectivity index (χ0) is 39.5. The molecule has 0 aliphatic carbocycles. The third kappa shape index (κ3) is 22.4. The number of hydrogen-bond acceptors (Lipinski definition) is 8. The Morgan fingerprint density at radius 2 is 1.04 bits per heavy atom. The topological polar surface area (TPSA) is 153 Å². The van der Waals surface area contributed by atoms with Crippen molar-refractivity contribution in [1.82, 2.24) is 10.6 Å². The molecule has 51 heavy (non-hydrogen) atoms. The monoisotopic (exact) mass is 742 g/mol. The van der Waals surface area contributed by atoms with Crippen LogP contribution in [0.5, 0.6) is 0 Å². The Kier molecular flexibility index (Phi) is 20.9. The number of amides is 2. The summed E-state index contributed by atoms with van der Waals surface area (Å²) < 4.78 is 100. The highest BCUT2D eigenvalue weighted by Gasteiger charge is 2.23. The molecular weight excluding hydrogens is 694 g/mol. The number of ether oxygens (including phenoxy) is 4. The van der Waals surface area contributed by atoms with E-state index in [4.69, 9.17) is 34.0 Å². The second kappa shape index (κ2) is 22.7. The zero-order valence-corrected chi connectivity index (χ0v) is 29.9. The minimum absolute atomic E-state index is 0.0430. The van der Waals surface area contributed by atoms with Crippen LogP contribution in [0.4, 0.5) is 35.9 Å². The molecule has 4 N–H and O–H groups in total. The predicted molar refractivity (Wildman–Crippen MR) is 174 cm³/mol. The smallest absolute Gasteiger partial charge is 0.407 e. The molecule has 2 atom stereocenters. The molecule has 0 unspecified atom stereocenters. The average Bonchev–Trinajstić information content (AvgIpc) is 2.95. The van der Waals surface area contributed by atoms with E-state index >= 15 is 0 Å². The number of aliphatic carboxylic acids is 1. The van der Waals surface area contributed by atoms with Crippen molar-refractivity contribution in [2.24, 2.45) is 0 Å². The lowest BCUT2D eigenvalue weighted by Gasteiger charge is -2.24. The Labute approximate surface area is 293 Å². The van der Waals surface area contributed by atoms with Gasteiger partial charge in [-0.25, -0.2) is 35.9 Å². The lowest BCUT2D eigenvalue weighted by molar-refractivity contribution is -0.134. The van der Waals surface area contributed by atoms with Crippen molar-refractivity contribution >= 4 is 18.2 Å². The Hall–Kier alpha value is -4.09. The molecule has 0 aliphatic heterocycles. The second-order valence-electron chi connectivity index (χ2n) is 12.9. The SMILES string of the molecule is CC(=O)O.CC(C)(C)OC(=O)N[C@@H](CCO)Cc1cc(F)c(F)cc1F.COCOCC[C@@H](Cc1cc(F)c(F)cc1F)NC(=O)OC(C)(C)C. The summed E-state index contributed by atoms with van der Waals surface area (Å²) in [6.45, 7) is 11.3. The van der Waals surface area contributed by atoms with Crippen LogP contribution >= 0.6 is 0 Å². The van der Waals surface area contributed by atoms with Crippen molar-refractivity contribution in [3.63, 3.8) is 0 Å². The van der Waals surface area contributed by atoms with Crippen molar-refractivity contribution in [3.8, 4) is 0 Å². The summed E-state index contributed by atoms with van der Waals surface area (Å²) in [6.07, 6.45) is -1.12. The zero-order valence-electron chi connectivity index (χ0n) is 29.9. The predicted octanol–water partition coefficient (Wildman–Crippen LogP) is 6.56. The van der Waals surface area contributed by atoms with E-state index in [0.29, 0.717) is 18.6 Å². The van der Waals surface area contributed by atoms with E-state index in [9.17, 15) is 35.9 Å². The third-order valence-electron chi connectivity index (χ3n) is 5.84. The lowest BCUT2D eigenvalue weighted by atomic mass is 10.0. The Morgan fingerprint density at radius 1 is 0.686 bits per heavy atom. The first-order valence-corrected chi connectivity index (χ1v) is 15.6. The number of benzene rings is 2. The highest BCUT2D eigenvalue weighted by Crippen LogP contribution is 2.18. The normalized spacial score (nSPS) is 12.3. The molecule has 0 bridgehead atoms. The number of carbonyl (C=O) groups excluding carboxylic acids is 2. The number of carboxylic acids is 1. The van der Waals surface area contributed by atoms with Crippen molar-refractivity contribution in [3.05, 3.63) is 70.3 Å². The van der Waals surface area contributed by atoms with Gasteiger partial charge in [-0.05, 0) is 90.5 Å². The van der Waals surface area contributed by atoms with Gasteiger partial charge >= 0.3 is 12.2 Å². The van der Waals surface area contributed by atoms with E-state index in [0.717, 1.165) is 19.1 Å². The van der Waals surface area contributed by atoms with E-state index in [1.54, 1.807) is 41.5 Å². The fraction of sp³-hybridized carbons (Fsp3) is 0.559. The molecule has 2 amide bonds. The van der Waals surface area contributed by atoms with Crippen LogP contribution in [0.3, 0.4) is 0 Å². The van der Waals surface area contributed by atoms with Gasteiger partial charge in [0.1, 0.15) is 29.6 Å². The Morgan fingerprint density at radius 3 is 1.37 bits per heavy atom. The molecule has 0 aromatic heterocycles. The van der Waals surface area contributed by atoms with E-state index in [1.165, 1.54) is 7.11 Å². The molecule has 0 heterocycles. The standard InChI is InChI=1S/C17H24F3NO4.C15H20F3NO3.C2H4O2/c1-17(2,3)25-16(22)21-12(5-6-24-10-23-4)7-11-8-14(19)15(20)9-13(11)18;1-15(2,3)22-14(21)19-10(4-5-20)6-9-7-12(17)13(18)8-11(9)16;1-2(3)4/h8-9,12H,5-7,10H2,1-4H3,(H,21,22);7-8,10,20H,4-6H2,1-3H3,(H,19,21);1H3,(H,3,4)/t12-;10-;/m00./s1. The van der Waals surface area contributed by atoms with Gasteiger partial charge in [0.05, 0.1) is 6.61 Å². The average molecular weight is 743 g/mol. The molecule has 0 radical (unpaired) electrons. The maximum Gasteiger partial charge on any atom is 0.407 e. The summed E-state index contributed by atoms with van der Waals surface area (Å²) in [7, 11) is 1.47. The first-order chi connectivity index (χ1) is 23.5. The summed E-state index contributed by atoms with van der Waals surface area (Å²) in [5, 5.41) is 21.5. The quantitative estimate of drug-likeness (QED) is 0.0774. The van der Waals surface area contributed by atoms with Gasteiger partial charge < -0.3 is 39.8 Å². The van der Waals surface area contributed by atoms with Gasteiger partial charge in [0.15, 0.2) is 23.3 Å². The fourth-order valence-corrected chi connectivity index (χ4v) is 3.89. The minimum atomic E-state index is -1.28. The number of methoxy groups -OCH3 is 1. The summed E-state index contributed by atoms with van der Waals surface area (Å²) >= 11 is 0. The fourth-order valence-electron chi connectivity index (χ4n) is 3.89. The lowest BCUT2D eigenvalue weighted by Crippen LogP contribution is -2.41. The summed E-state index contributed by atoms with van der Waals surface area (Å²) in [5.74, 6) is -7.48. The highest BCUT2D eigenvalue weighted by molar-refractivity contribution is 5.68. The molecule has 0 aliphatic rings. The van der Waals surface area contributed by atoms with Gasteiger partial charge in [0.25, 0.3) is 5.97 Å². The van der Waals surface area contributed by atoms with E-state index in [2.05, 4.69) is 10.6 Å². The number of halogens is 6. The number of hydrogen-bond donors (Lipinski definition) is 4. The van der Waals surface area contributed by atoms with Gasteiger partial charge in [-0.15, -0.1) is 0 Å². The molecule has 17 heteroatoms. The number of nitrogens with one attached hydrogen (secondary N) is 2. The van der Waals surface area contributed by atoms with Gasteiger partial charge in [-0.3, -0.25) is 4.79 Å². The van der Waals surface area contributed by atoms with Gasteiger partial charge in [0.2, 0.25) is 0 Å². The summed E-state index contributed by atoms with van der Waals surface area (Å²) in [6, 6.07) is 1.20. The highest BCUT2D eigenvalue weighted by atomic mass is 19.2. The van der Waals surface area contributed by atoms with Crippen LogP contribution in [0.2, 0.25) is 0 Å². The van der Waals surface area contributed by atoms with Gasteiger partial charge in [0, 0.05) is 44.9 Å². The molecule has 2 aromatic rings. The maximum atomic E-state index is 13.8. The summed E-state index contributed by atoms with van der Waals surface area (Å²) in [5.41, 5.74) is -1.55. The van der Waals surface area contributed by atoms with Crippen molar-refractivity contribution in [2.75, 3.05) is 27.1 Å². The third-order valence-corrected chi connectivity index (χ3v) is 5.84. The number of aliphatic hydroxyl groups is 1. The van der Waals surface area contributed by atoms with Crippen LogP contribution in [0, 0.1) is 34.9 Å². The van der Waals surface area contributed by atoms with Crippen LogP contribution in [0.15, 0.2) is 24.3 Å². The van der Waals surface area contributed by atoms with E-state index < -0.39 is 76.3 Å². The number of rotatable bonds is 13. The molecule has 0 spiro atoms. The molecule has 0 saturated heterocycles. The number of aliphatic hydroxyl groups excluding tert-OH is 1. The molecular formula is C34H48F6N2O9. The number of carbonyl (C=O) groups is 3. The van der Waals surface area contributed by atoms with Crippen LogP contribution in [-0.2, 0) is 36.6 Å². The number of carboxylic acid groups (broad SMARTS) is 1. The number of alkyl carbamates (subject to hydrolysis) is 2. The van der Waals surface area contributed by atoms with Crippen LogP contribution in [0.1, 0.15) is 72.4 Å². The maximum absolute atomic E-state index is 13.8. The van der Waals surface area contributed by atoms with Crippen molar-refractivity contribution in [2.45, 2.75) is 97.4 Å². The van der Waals surface area contributed by atoms with E-state index in [1.807, 2.05) is 0 Å². The first kappa shape index (κ1) is 46.9. The van der Waals surface area contributed by atoms with Crippen molar-refractivity contribution < 1.29 is 69.9 Å². The minimum Gasteiger partial charge on any atom is -0.481 e. The van der Waals surface area contributed by atoms with Crippen LogP contribution in [-0.4, -0.2) is 78.8 Å². The largest absolute Gasteiger partial charge is 0.481 e. The second-order valence-corrected chi connectivity index (χ2v) is 12.9. The molecule has 290 valence electrons. The van der Waals surface area contributed by atoms with Crippen molar-refractivity contribution in [1.29, 1.82) is 0 Å². The molecule has 0 saturated carbocycles. The first-order valence-electron chi connectivity index (χ1n) is 15.6. The molecule has 0 fully saturated rings.